The molecule has 0 heterocycles. The zero-order valence-electron chi connectivity index (χ0n) is 28.6. The summed E-state index contributed by atoms with van der Waals surface area (Å²) in [6.07, 6.45) is 15.0. The van der Waals surface area contributed by atoms with E-state index in [0.717, 1.165) is 48.3 Å². The van der Waals surface area contributed by atoms with Crippen molar-refractivity contribution in [3.63, 3.8) is 0 Å². The molecule has 0 amide bonds. The third kappa shape index (κ3) is 5.26. The highest BCUT2D eigenvalue weighted by Crippen LogP contribution is 2.68. The first kappa shape index (κ1) is 31.0. The molecule has 3 saturated carbocycles. The average molecular weight is 601 g/mol. The van der Waals surface area contributed by atoms with E-state index in [4.69, 9.17) is 0 Å². The fourth-order valence-corrected chi connectivity index (χ4v) is 11.4. The summed E-state index contributed by atoms with van der Waals surface area (Å²) in [6, 6.07) is 21.9. The van der Waals surface area contributed by atoms with Gasteiger partial charge in [0, 0.05) is 0 Å². The van der Waals surface area contributed by atoms with Gasteiger partial charge in [0.2, 0.25) is 0 Å². The van der Waals surface area contributed by atoms with Crippen molar-refractivity contribution in [3.05, 3.63) is 84.5 Å². The molecule has 0 aromatic heterocycles. The van der Waals surface area contributed by atoms with Crippen molar-refractivity contribution < 1.29 is 5.11 Å². The van der Waals surface area contributed by atoms with Crippen LogP contribution in [0.4, 0.5) is 0 Å². The molecule has 0 bridgehead atoms. The molecule has 45 heavy (non-hydrogen) atoms. The molecule has 8 rings (SSSR count). The Kier molecular flexibility index (Phi) is 8.17. The molecule has 4 aromatic carbocycles. The summed E-state index contributed by atoms with van der Waals surface area (Å²) in [5.74, 6) is 4.83. The van der Waals surface area contributed by atoms with E-state index < -0.39 is 0 Å². The van der Waals surface area contributed by atoms with E-state index in [2.05, 4.69) is 108 Å². The number of fused-ring (bicyclic) bond motifs is 5. The molecule has 0 radical (unpaired) electrons. The summed E-state index contributed by atoms with van der Waals surface area (Å²) in [6.45, 7) is 17.1. The van der Waals surface area contributed by atoms with Crippen molar-refractivity contribution in [2.45, 2.75) is 105 Å². The Balaban J connectivity index is 0.000000169. The Hall–Kier alpha value is -2.64. The molecule has 4 aliphatic rings. The van der Waals surface area contributed by atoms with Crippen molar-refractivity contribution in [2.75, 3.05) is 0 Å². The largest absolute Gasteiger partial charge is 0.393 e. The second-order valence-electron chi connectivity index (χ2n) is 16.6. The van der Waals surface area contributed by atoms with E-state index in [9.17, 15) is 5.11 Å². The molecule has 1 heteroatoms. The third-order valence-corrected chi connectivity index (χ3v) is 13.6. The first-order valence-electron chi connectivity index (χ1n) is 18.3. The minimum atomic E-state index is -0.0953. The third-order valence-electron chi connectivity index (χ3n) is 13.6. The van der Waals surface area contributed by atoms with Crippen molar-refractivity contribution >= 4 is 32.3 Å². The minimum Gasteiger partial charge on any atom is -0.393 e. The van der Waals surface area contributed by atoms with Crippen molar-refractivity contribution in [1.29, 1.82) is 0 Å². The van der Waals surface area contributed by atoms with E-state index in [1.54, 1.807) is 11.1 Å². The summed E-state index contributed by atoms with van der Waals surface area (Å²) < 4.78 is 0. The fourth-order valence-electron chi connectivity index (χ4n) is 11.4. The highest BCUT2D eigenvalue weighted by Gasteiger charge is 2.60. The lowest BCUT2D eigenvalue weighted by atomic mass is 9.47. The average Bonchev–Trinajstić information content (AvgIpc) is 3.30. The molecule has 4 aromatic rings. The van der Waals surface area contributed by atoms with Gasteiger partial charge in [-0.2, -0.15) is 0 Å². The zero-order chi connectivity index (χ0) is 31.5. The van der Waals surface area contributed by atoms with Crippen LogP contribution < -0.4 is 0 Å². The number of aliphatic hydroxyl groups is 1. The van der Waals surface area contributed by atoms with E-state index >= 15 is 0 Å². The van der Waals surface area contributed by atoms with Crippen LogP contribution in [0.15, 0.2) is 84.5 Å². The Morgan fingerprint density at radius 2 is 1.38 bits per heavy atom. The van der Waals surface area contributed by atoms with Gasteiger partial charge in [0.15, 0.2) is 0 Å². The van der Waals surface area contributed by atoms with Gasteiger partial charge in [-0.15, -0.1) is 0 Å². The topological polar surface area (TPSA) is 20.2 Å². The standard InChI is InChI=1S/C28H46O.C16H10/c1-18(2)8-7-9-19(3)26-20(4)16-25-23-11-10-21-17-22(29)12-14-27(21,5)24(23)13-15-28(25,26)6;1-3-11-7-9-13-5-2-6-14-10-8-12(4-1)15(11)16(13)14/h10,18-19,22-26,29H,4,7-9,11-17H2,1-3,5-6H3;1-10H/t19-,22+,23-,24+,25+,26+,27+,28+;/m1./s1. The Bertz CT molecular complexity index is 1580. The van der Waals surface area contributed by atoms with E-state index in [0.29, 0.717) is 10.8 Å². The van der Waals surface area contributed by atoms with Crippen LogP contribution in [0.5, 0.6) is 0 Å². The smallest absolute Gasteiger partial charge is 0.0577 e. The molecule has 3 fully saturated rings. The van der Waals surface area contributed by atoms with Crippen LogP contribution in [0.3, 0.4) is 0 Å². The molecule has 8 atom stereocenters. The van der Waals surface area contributed by atoms with Gasteiger partial charge in [-0.1, -0.05) is 138 Å². The van der Waals surface area contributed by atoms with Crippen LogP contribution in [0.1, 0.15) is 98.8 Å². The molecule has 238 valence electrons. The summed E-state index contributed by atoms with van der Waals surface area (Å²) in [7, 11) is 0. The lowest BCUT2D eigenvalue weighted by Gasteiger charge is -2.58. The maximum absolute atomic E-state index is 10.2. The van der Waals surface area contributed by atoms with Gasteiger partial charge in [-0.25, -0.2) is 0 Å². The molecular weight excluding hydrogens is 544 g/mol. The molecule has 0 aliphatic heterocycles. The zero-order valence-corrected chi connectivity index (χ0v) is 28.6. The number of aliphatic hydroxyl groups excluding tert-OH is 1. The monoisotopic (exact) mass is 600 g/mol. The Morgan fingerprint density at radius 1 is 0.778 bits per heavy atom. The van der Waals surface area contributed by atoms with Gasteiger partial charge < -0.3 is 5.11 Å². The van der Waals surface area contributed by atoms with Gasteiger partial charge in [0.05, 0.1) is 6.10 Å². The van der Waals surface area contributed by atoms with Crippen LogP contribution in [-0.4, -0.2) is 11.2 Å². The van der Waals surface area contributed by atoms with Crippen LogP contribution in [0.25, 0.3) is 32.3 Å². The maximum atomic E-state index is 10.2. The van der Waals surface area contributed by atoms with E-state index in [1.807, 2.05) is 0 Å². The number of benzene rings is 4. The van der Waals surface area contributed by atoms with Crippen LogP contribution >= 0.6 is 0 Å². The molecule has 0 spiro atoms. The SMILES string of the molecule is C=C1C[C@H]2[C@@H]3CC=C4C[C@@H](O)CC[C@]4(C)[C@H]3CC[C@]2(C)[C@H]1[C@H](C)CCCC(C)C.c1cc2ccc3cccc4ccc(c1)c2c34. The minimum absolute atomic E-state index is 0.0953. The van der Waals surface area contributed by atoms with Gasteiger partial charge >= 0.3 is 0 Å². The molecular formula is C44H56O. The Morgan fingerprint density at radius 3 is 1.96 bits per heavy atom. The lowest BCUT2D eigenvalue weighted by Crippen LogP contribution is -2.50. The first-order chi connectivity index (χ1) is 21.6. The van der Waals surface area contributed by atoms with Gasteiger partial charge in [-0.3, -0.25) is 0 Å². The number of hydrogen-bond acceptors (Lipinski definition) is 1. The summed E-state index contributed by atoms with van der Waals surface area (Å²) in [5, 5.41) is 18.4. The van der Waals surface area contributed by atoms with E-state index in [1.165, 1.54) is 83.7 Å². The van der Waals surface area contributed by atoms with Gasteiger partial charge in [-0.05, 0) is 124 Å². The predicted octanol–water partition coefficient (Wildman–Crippen LogP) is 12.1. The molecule has 1 N–H and O–H groups in total. The fraction of sp³-hybridized carbons (Fsp3) is 0.545. The number of hydrogen-bond donors (Lipinski definition) is 1. The van der Waals surface area contributed by atoms with Crippen molar-refractivity contribution in [3.8, 4) is 0 Å². The predicted molar refractivity (Wildman–Crippen MR) is 194 cm³/mol. The quantitative estimate of drug-likeness (QED) is 0.178. The lowest BCUT2D eigenvalue weighted by molar-refractivity contribution is -0.0562. The Labute approximate surface area is 272 Å². The second-order valence-corrected chi connectivity index (χ2v) is 16.6. The second kappa shape index (κ2) is 11.9. The summed E-state index contributed by atoms with van der Waals surface area (Å²) in [5.41, 5.74) is 3.99. The molecule has 0 saturated heterocycles. The highest BCUT2D eigenvalue weighted by atomic mass is 16.3. The van der Waals surface area contributed by atoms with E-state index in [-0.39, 0.29) is 6.10 Å². The molecule has 4 aliphatic carbocycles. The molecule has 1 nitrogen and oxygen atoms in total. The molecule has 0 unspecified atom stereocenters. The summed E-state index contributed by atoms with van der Waals surface area (Å²) in [4.78, 5) is 0. The van der Waals surface area contributed by atoms with Crippen molar-refractivity contribution in [1.82, 2.24) is 0 Å². The van der Waals surface area contributed by atoms with Crippen LogP contribution in [0.2, 0.25) is 0 Å². The van der Waals surface area contributed by atoms with Crippen molar-refractivity contribution in [2.24, 2.45) is 46.3 Å². The number of allylic oxidation sites excluding steroid dienone is 2. The number of rotatable bonds is 5. The van der Waals surface area contributed by atoms with Crippen LogP contribution in [-0.2, 0) is 0 Å². The maximum Gasteiger partial charge on any atom is 0.0577 e. The first-order valence-corrected chi connectivity index (χ1v) is 18.3. The van der Waals surface area contributed by atoms with Gasteiger partial charge in [0.25, 0.3) is 0 Å². The highest BCUT2D eigenvalue weighted by molar-refractivity contribution is 6.22. The van der Waals surface area contributed by atoms with Gasteiger partial charge in [0.1, 0.15) is 0 Å². The normalized spacial score (nSPS) is 33.4. The summed E-state index contributed by atoms with van der Waals surface area (Å²) >= 11 is 0. The van der Waals surface area contributed by atoms with Crippen LogP contribution in [0, 0.1) is 46.3 Å².